The molecule has 0 saturated carbocycles. The third-order valence-electron chi connectivity index (χ3n) is 6.82. The first kappa shape index (κ1) is 23.2. The number of hydrogen-bond acceptors (Lipinski definition) is 5. The summed E-state index contributed by atoms with van der Waals surface area (Å²) in [6.07, 6.45) is 5.99. The quantitative estimate of drug-likeness (QED) is 0.570. The van der Waals surface area contributed by atoms with Gasteiger partial charge in [0.15, 0.2) is 0 Å². The summed E-state index contributed by atoms with van der Waals surface area (Å²) in [7, 11) is 0. The summed E-state index contributed by atoms with van der Waals surface area (Å²) in [4.78, 5) is 39.3. The lowest BCUT2D eigenvalue weighted by Crippen LogP contribution is -2.31. The van der Waals surface area contributed by atoms with Crippen LogP contribution in [0.2, 0.25) is 0 Å². The molecule has 2 saturated heterocycles. The average Bonchev–Trinajstić information content (AvgIpc) is 3.58. The second-order valence-corrected chi connectivity index (χ2v) is 9.46. The van der Waals surface area contributed by atoms with Gasteiger partial charge in [-0.25, -0.2) is 9.97 Å². The number of amides is 2. The highest BCUT2D eigenvalue weighted by Gasteiger charge is 2.32. The van der Waals surface area contributed by atoms with Crippen LogP contribution in [0.25, 0.3) is 0 Å². The van der Waals surface area contributed by atoms with Crippen LogP contribution in [-0.2, 0) is 6.54 Å². The highest BCUT2D eigenvalue weighted by atomic mass is 16.2. The molecule has 7 heteroatoms. The number of carbonyl (C=O) groups is 2. The molecule has 5 rings (SSSR count). The monoisotopic (exact) mass is 469 g/mol. The van der Waals surface area contributed by atoms with E-state index >= 15 is 0 Å². The second kappa shape index (κ2) is 10.4. The SMILES string of the molecule is Cc1ccc(NC(=O)c2cccc([C@H]3CCCN3C(=O)c3ccc(CN4CCCC4)cc3)n2)nc1. The molecule has 1 aromatic carbocycles. The molecule has 7 nitrogen and oxygen atoms in total. The van der Waals surface area contributed by atoms with Crippen LogP contribution in [0.5, 0.6) is 0 Å². The van der Waals surface area contributed by atoms with Crippen molar-refractivity contribution in [3.63, 3.8) is 0 Å². The molecule has 1 N–H and O–H groups in total. The van der Waals surface area contributed by atoms with Gasteiger partial charge in [0, 0.05) is 24.8 Å². The standard InChI is InChI=1S/C28H31N5O2/c1-20-9-14-26(29-18-20)31-27(34)24-7-4-6-23(30-24)25-8-5-17-33(25)28(35)22-12-10-21(11-13-22)19-32-15-2-3-16-32/h4,6-7,9-14,18,25H,2-3,5,8,15-17,19H2,1H3,(H,29,31,34)/t25-/m1/s1. The molecule has 180 valence electrons. The minimum atomic E-state index is -0.312. The zero-order valence-corrected chi connectivity index (χ0v) is 20.1. The van der Waals surface area contributed by atoms with Crippen LogP contribution in [0.1, 0.15) is 69.4 Å². The molecule has 35 heavy (non-hydrogen) atoms. The van der Waals surface area contributed by atoms with Crippen LogP contribution >= 0.6 is 0 Å². The lowest BCUT2D eigenvalue weighted by molar-refractivity contribution is 0.0733. The number of hydrogen-bond donors (Lipinski definition) is 1. The summed E-state index contributed by atoms with van der Waals surface area (Å²) >= 11 is 0. The molecule has 0 spiro atoms. The van der Waals surface area contributed by atoms with E-state index in [9.17, 15) is 9.59 Å². The van der Waals surface area contributed by atoms with Crippen LogP contribution in [0, 0.1) is 6.92 Å². The lowest BCUT2D eigenvalue weighted by Gasteiger charge is -2.25. The van der Waals surface area contributed by atoms with Gasteiger partial charge in [0.1, 0.15) is 11.5 Å². The maximum Gasteiger partial charge on any atom is 0.275 e. The number of carbonyl (C=O) groups excluding carboxylic acids is 2. The van der Waals surface area contributed by atoms with Crippen molar-refractivity contribution >= 4 is 17.6 Å². The van der Waals surface area contributed by atoms with Crippen molar-refractivity contribution in [2.24, 2.45) is 0 Å². The van der Waals surface area contributed by atoms with Gasteiger partial charge in [-0.15, -0.1) is 0 Å². The fourth-order valence-electron chi connectivity index (χ4n) is 4.92. The Labute approximate surface area is 206 Å². The Morgan fingerprint density at radius 3 is 2.51 bits per heavy atom. The Balaban J connectivity index is 1.28. The molecular weight excluding hydrogens is 438 g/mol. The first-order valence-corrected chi connectivity index (χ1v) is 12.4. The number of likely N-dealkylation sites (tertiary alicyclic amines) is 2. The molecular formula is C28H31N5O2. The van der Waals surface area contributed by atoms with E-state index < -0.39 is 0 Å². The molecule has 0 bridgehead atoms. The summed E-state index contributed by atoms with van der Waals surface area (Å²) in [5, 5.41) is 2.80. The van der Waals surface area contributed by atoms with Crippen LogP contribution in [0.15, 0.2) is 60.8 Å². The molecule has 1 atom stereocenters. The minimum Gasteiger partial charge on any atom is -0.330 e. The summed E-state index contributed by atoms with van der Waals surface area (Å²) in [5.41, 5.74) is 4.02. The zero-order chi connectivity index (χ0) is 24.2. The maximum absolute atomic E-state index is 13.4. The molecule has 3 aromatic rings. The Morgan fingerprint density at radius 1 is 0.971 bits per heavy atom. The predicted octanol–water partition coefficient (Wildman–Crippen LogP) is 4.61. The topological polar surface area (TPSA) is 78.4 Å². The molecule has 2 aromatic heterocycles. The van der Waals surface area contributed by atoms with Crippen molar-refractivity contribution in [3.8, 4) is 0 Å². The Bertz CT molecular complexity index is 1190. The zero-order valence-electron chi connectivity index (χ0n) is 20.1. The highest BCUT2D eigenvalue weighted by molar-refractivity contribution is 6.02. The van der Waals surface area contributed by atoms with E-state index in [-0.39, 0.29) is 17.9 Å². The van der Waals surface area contributed by atoms with Crippen molar-refractivity contribution in [1.82, 2.24) is 19.8 Å². The third kappa shape index (κ3) is 5.41. The van der Waals surface area contributed by atoms with E-state index in [1.54, 1.807) is 18.3 Å². The predicted molar refractivity (Wildman–Crippen MR) is 135 cm³/mol. The van der Waals surface area contributed by atoms with Gasteiger partial charge in [-0.05, 0) is 87.2 Å². The number of benzene rings is 1. The number of anilines is 1. The largest absolute Gasteiger partial charge is 0.330 e. The number of aryl methyl sites for hydroxylation is 1. The van der Waals surface area contributed by atoms with Crippen molar-refractivity contribution < 1.29 is 9.59 Å². The van der Waals surface area contributed by atoms with Gasteiger partial charge in [-0.2, -0.15) is 0 Å². The van der Waals surface area contributed by atoms with E-state index in [0.29, 0.717) is 23.6 Å². The van der Waals surface area contributed by atoms with Gasteiger partial charge in [-0.3, -0.25) is 14.5 Å². The fourth-order valence-corrected chi connectivity index (χ4v) is 4.92. The molecule has 2 amide bonds. The number of pyridine rings is 2. The molecule has 0 aliphatic carbocycles. The maximum atomic E-state index is 13.4. The molecule has 0 unspecified atom stereocenters. The van der Waals surface area contributed by atoms with Crippen molar-refractivity contribution in [1.29, 1.82) is 0 Å². The highest BCUT2D eigenvalue weighted by Crippen LogP contribution is 2.32. The summed E-state index contributed by atoms with van der Waals surface area (Å²) < 4.78 is 0. The van der Waals surface area contributed by atoms with Crippen LogP contribution in [-0.4, -0.2) is 51.2 Å². The number of rotatable bonds is 6. The van der Waals surface area contributed by atoms with E-state index in [0.717, 1.165) is 43.7 Å². The lowest BCUT2D eigenvalue weighted by atomic mass is 10.1. The van der Waals surface area contributed by atoms with Gasteiger partial charge >= 0.3 is 0 Å². The normalized spacial score (nSPS) is 18.1. The minimum absolute atomic E-state index is 0.0146. The van der Waals surface area contributed by atoms with Crippen LogP contribution < -0.4 is 5.32 Å². The van der Waals surface area contributed by atoms with Gasteiger partial charge < -0.3 is 10.2 Å². The smallest absolute Gasteiger partial charge is 0.275 e. The van der Waals surface area contributed by atoms with E-state index in [4.69, 9.17) is 0 Å². The summed E-state index contributed by atoms with van der Waals surface area (Å²) in [6.45, 7) is 5.88. The first-order valence-electron chi connectivity index (χ1n) is 12.4. The fraction of sp³-hybridized carbons (Fsp3) is 0.357. The molecule has 2 fully saturated rings. The summed E-state index contributed by atoms with van der Waals surface area (Å²) in [6, 6.07) is 17.0. The Hall–Kier alpha value is -3.58. The first-order chi connectivity index (χ1) is 17.1. The number of aromatic nitrogens is 2. The Morgan fingerprint density at radius 2 is 1.77 bits per heavy atom. The van der Waals surface area contributed by atoms with E-state index in [2.05, 4.69) is 32.3 Å². The van der Waals surface area contributed by atoms with Crippen molar-refractivity contribution in [2.45, 2.75) is 45.2 Å². The average molecular weight is 470 g/mol. The molecule has 2 aliphatic heterocycles. The van der Waals surface area contributed by atoms with Gasteiger partial charge in [0.25, 0.3) is 11.8 Å². The van der Waals surface area contributed by atoms with E-state index in [1.807, 2.05) is 42.2 Å². The van der Waals surface area contributed by atoms with Crippen LogP contribution in [0.4, 0.5) is 5.82 Å². The third-order valence-corrected chi connectivity index (χ3v) is 6.82. The van der Waals surface area contributed by atoms with Gasteiger partial charge in [0.05, 0.1) is 11.7 Å². The number of nitrogens with one attached hydrogen (secondary N) is 1. The molecule has 2 aliphatic rings. The van der Waals surface area contributed by atoms with Gasteiger partial charge in [-0.1, -0.05) is 24.3 Å². The molecule has 0 radical (unpaired) electrons. The molecule has 4 heterocycles. The van der Waals surface area contributed by atoms with Crippen LogP contribution in [0.3, 0.4) is 0 Å². The summed E-state index contributed by atoms with van der Waals surface area (Å²) in [5.74, 6) is 0.187. The van der Waals surface area contributed by atoms with E-state index in [1.165, 1.54) is 18.4 Å². The number of nitrogens with zero attached hydrogens (tertiary/aromatic N) is 4. The second-order valence-electron chi connectivity index (χ2n) is 9.46. The van der Waals surface area contributed by atoms with Crippen molar-refractivity contribution in [2.75, 3.05) is 25.0 Å². The van der Waals surface area contributed by atoms with Crippen molar-refractivity contribution in [3.05, 3.63) is 88.9 Å². The Kier molecular flexibility index (Phi) is 6.86. The van der Waals surface area contributed by atoms with Gasteiger partial charge in [0.2, 0.25) is 0 Å².